The molecule has 0 aliphatic carbocycles. The van der Waals surface area contributed by atoms with Gasteiger partial charge in [0.15, 0.2) is 0 Å². The first-order valence-electron chi connectivity index (χ1n) is 8.48. The van der Waals surface area contributed by atoms with Crippen molar-refractivity contribution in [3.8, 4) is 0 Å². The fourth-order valence-corrected chi connectivity index (χ4v) is 3.29. The molecule has 0 N–H and O–H groups in total. The van der Waals surface area contributed by atoms with Crippen molar-refractivity contribution in [3.63, 3.8) is 0 Å². The number of hydrogen-bond donors (Lipinski definition) is 0. The molecule has 1 atom stereocenters. The second-order valence-corrected chi connectivity index (χ2v) is 6.63. The standard InChI is InChI=1S/C19H17ClN4O2/c20-14-6-4-13(5-7-14)11-15-12-23-18(26-15)16-3-1-10-24(16)19(25)17-21-8-2-9-22-17/h2,4-9,12,16H,1,3,10-11H2/t16-/m1/s1. The van der Waals surface area contributed by atoms with Gasteiger partial charge >= 0.3 is 0 Å². The summed E-state index contributed by atoms with van der Waals surface area (Å²) < 4.78 is 5.94. The van der Waals surface area contributed by atoms with Gasteiger partial charge in [0.25, 0.3) is 5.91 Å². The Kier molecular flexibility index (Phi) is 4.67. The van der Waals surface area contributed by atoms with Gasteiger partial charge in [-0.2, -0.15) is 0 Å². The minimum atomic E-state index is -0.189. The van der Waals surface area contributed by atoms with Crippen LogP contribution in [0.2, 0.25) is 5.02 Å². The number of halogens is 1. The van der Waals surface area contributed by atoms with Crippen LogP contribution < -0.4 is 0 Å². The first-order valence-corrected chi connectivity index (χ1v) is 8.85. The van der Waals surface area contributed by atoms with E-state index in [4.69, 9.17) is 16.0 Å². The zero-order chi connectivity index (χ0) is 17.9. The summed E-state index contributed by atoms with van der Waals surface area (Å²) in [5, 5.41) is 0.704. The largest absolute Gasteiger partial charge is 0.443 e. The molecular weight excluding hydrogens is 352 g/mol. The van der Waals surface area contributed by atoms with Crippen molar-refractivity contribution < 1.29 is 9.21 Å². The van der Waals surface area contributed by atoms with E-state index in [1.165, 1.54) is 0 Å². The van der Waals surface area contributed by atoms with Crippen molar-refractivity contribution in [3.05, 3.63) is 77.0 Å². The van der Waals surface area contributed by atoms with Crippen LogP contribution in [-0.4, -0.2) is 32.3 Å². The van der Waals surface area contributed by atoms with E-state index in [9.17, 15) is 4.79 Å². The maximum absolute atomic E-state index is 12.7. The Morgan fingerprint density at radius 2 is 1.96 bits per heavy atom. The Morgan fingerprint density at radius 3 is 2.73 bits per heavy atom. The normalized spacial score (nSPS) is 16.8. The molecule has 0 bridgehead atoms. The highest BCUT2D eigenvalue weighted by Crippen LogP contribution is 2.32. The maximum Gasteiger partial charge on any atom is 0.292 e. The molecule has 1 aliphatic rings. The lowest BCUT2D eigenvalue weighted by molar-refractivity contribution is 0.0702. The number of oxazole rings is 1. The zero-order valence-corrected chi connectivity index (χ0v) is 14.8. The van der Waals surface area contributed by atoms with Crippen molar-refractivity contribution in [2.45, 2.75) is 25.3 Å². The molecule has 2 aromatic heterocycles. The number of likely N-dealkylation sites (tertiary alicyclic amines) is 1. The van der Waals surface area contributed by atoms with E-state index >= 15 is 0 Å². The van der Waals surface area contributed by atoms with Crippen LogP contribution in [0.15, 0.2) is 53.3 Å². The van der Waals surface area contributed by atoms with Crippen molar-refractivity contribution in [1.82, 2.24) is 19.9 Å². The molecule has 1 fully saturated rings. The van der Waals surface area contributed by atoms with Crippen LogP contribution in [0.4, 0.5) is 0 Å². The third kappa shape index (κ3) is 3.46. The molecule has 3 aromatic rings. The number of benzene rings is 1. The summed E-state index contributed by atoms with van der Waals surface area (Å²) >= 11 is 5.92. The van der Waals surface area contributed by atoms with Crippen molar-refractivity contribution in [2.24, 2.45) is 0 Å². The van der Waals surface area contributed by atoms with Gasteiger partial charge in [0.2, 0.25) is 11.7 Å². The highest BCUT2D eigenvalue weighted by Gasteiger charge is 2.34. The Hall–Kier alpha value is -2.73. The quantitative estimate of drug-likeness (QED) is 0.702. The minimum absolute atomic E-state index is 0.176. The van der Waals surface area contributed by atoms with Gasteiger partial charge in [0.1, 0.15) is 11.8 Å². The van der Waals surface area contributed by atoms with Gasteiger partial charge in [-0.05, 0) is 36.6 Å². The van der Waals surface area contributed by atoms with Gasteiger partial charge in [0.05, 0.1) is 6.20 Å². The van der Waals surface area contributed by atoms with Crippen LogP contribution in [0, 0.1) is 0 Å². The molecule has 1 saturated heterocycles. The lowest BCUT2D eigenvalue weighted by Crippen LogP contribution is -2.32. The van der Waals surface area contributed by atoms with Crippen LogP contribution >= 0.6 is 11.6 Å². The Balaban J connectivity index is 1.51. The Bertz CT molecular complexity index is 895. The van der Waals surface area contributed by atoms with Gasteiger partial charge in [0, 0.05) is 30.4 Å². The minimum Gasteiger partial charge on any atom is -0.443 e. The molecular formula is C19H17ClN4O2. The summed E-state index contributed by atoms with van der Waals surface area (Å²) in [6.45, 7) is 0.649. The topological polar surface area (TPSA) is 72.1 Å². The average molecular weight is 369 g/mol. The molecule has 132 valence electrons. The molecule has 1 aliphatic heterocycles. The molecule has 7 heteroatoms. The number of carbonyl (C=O) groups excluding carboxylic acids is 1. The van der Waals surface area contributed by atoms with E-state index in [2.05, 4.69) is 15.0 Å². The van der Waals surface area contributed by atoms with E-state index in [1.807, 2.05) is 24.3 Å². The van der Waals surface area contributed by atoms with Crippen molar-refractivity contribution >= 4 is 17.5 Å². The molecule has 0 radical (unpaired) electrons. The zero-order valence-electron chi connectivity index (χ0n) is 14.0. The summed E-state index contributed by atoms with van der Waals surface area (Å²) in [4.78, 5) is 26.9. The van der Waals surface area contributed by atoms with E-state index < -0.39 is 0 Å². The number of amides is 1. The van der Waals surface area contributed by atoms with Crippen molar-refractivity contribution in [2.75, 3.05) is 6.54 Å². The molecule has 1 aromatic carbocycles. The molecule has 1 amide bonds. The summed E-state index contributed by atoms with van der Waals surface area (Å²) in [6.07, 6.45) is 7.22. The SMILES string of the molecule is O=C(c1ncccn1)N1CCC[C@@H]1c1ncc(Cc2ccc(Cl)cc2)o1. The highest BCUT2D eigenvalue weighted by molar-refractivity contribution is 6.30. The van der Waals surface area contributed by atoms with Crippen LogP contribution in [0.5, 0.6) is 0 Å². The summed E-state index contributed by atoms with van der Waals surface area (Å²) in [6, 6.07) is 9.14. The number of rotatable bonds is 4. The first-order chi connectivity index (χ1) is 12.7. The number of aromatic nitrogens is 3. The summed E-state index contributed by atoms with van der Waals surface area (Å²) in [7, 11) is 0. The second kappa shape index (κ2) is 7.25. The molecule has 26 heavy (non-hydrogen) atoms. The van der Waals surface area contributed by atoms with Crippen molar-refractivity contribution in [1.29, 1.82) is 0 Å². The third-order valence-electron chi connectivity index (χ3n) is 4.42. The predicted molar refractivity (Wildman–Crippen MR) is 95.8 cm³/mol. The van der Waals surface area contributed by atoms with Crippen LogP contribution in [-0.2, 0) is 6.42 Å². The van der Waals surface area contributed by atoms with Gasteiger partial charge in [-0.1, -0.05) is 23.7 Å². The van der Waals surface area contributed by atoms with Gasteiger partial charge in [-0.3, -0.25) is 4.79 Å². The number of nitrogens with zero attached hydrogens (tertiary/aromatic N) is 4. The van der Waals surface area contributed by atoms with Gasteiger partial charge < -0.3 is 9.32 Å². The maximum atomic E-state index is 12.7. The van der Waals surface area contributed by atoms with Crippen LogP contribution in [0.25, 0.3) is 0 Å². The first kappa shape index (κ1) is 16.7. The Labute approximate surface area is 155 Å². The Morgan fingerprint density at radius 1 is 1.19 bits per heavy atom. The van der Waals surface area contributed by atoms with Crippen LogP contribution in [0.3, 0.4) is 0 Å². The molecule has 6 nitrogen and oxygen atoms in total. The van der Waals surface area contributed by atoms with Crippen LogP contribution in [0.1, 0.15) is 46.7 Å². The highest BCUT2D eigenvalue weighted by atomic mass is 35.5. The smallest absolute Gasteiger partial charge is 0.292 e. The lowest BCUT2D eigenvalue weighted by Gasteiger charge is -2.21. The molecule has 3 heterocycles. The predicted octanol–water partition coefficient (Wildman–Crippen LogP) is 3.69. The third-order valence-corrected chi connectivity index (χ3v) is 4.67. The van der Waals surface area contributed by atoms with E-state index in [0.717, 1.165) is 24.2 Å². The monoisotopic (exact) mass is 368 g/mol. The fraction of sp³-hybridized carbons (Fsp3) is 0.263. The van der Waals surface area contributed by atoms with E-state index in [1.54, 1.807) is 29.6 Å². The number of hydrogen-bond acceptors (Lipinski definition) is 5. The van der Waals surface area contributed by atoms with E-state index in [0.29, 0.717) is 23.9 Å². The van der Waals surface area contributed by atoms with E-state index in [-0.39, 0.29) is 17.8 Å². The molecule has 4 rings (SSSR count). The van der Waals surface area contributed by atoms with Gasteiger partial charge in [-0.25, -0.2) is 15.0 Å². The molecule has 0 spiro atoms. The van der Waals surface area contributed by atoms with Gasteiger partial charge in [-0.15, -0.1) is 0 Å². The molecule has 0 saturated carbocycles. The molecule has 0 unspecified atom stereocenters. The summed E-state index contributed by atoms with van der Waals surface area (Å²) in [5.74, 6) is 1.34. The average Bonchev–Trinajstić information content (AvgIpc) is 3.33. The summed E-state index contributed by atoms with van der Waals surface area (Å²) in [5.41, 5.74) is 1.09. The second-order valence-electron chi connectivity index (χ2n) is 6.20. The number of carbonyl (C=O) groups is 1. The fourth-order valence-electron chi connectivity index (χ4n) is 3.17. The lowest BCUT2D eigenvalue weighted by atomic mass is 10.1.